The number of nitrogens with one attached hydrogen (secondary N) is 1. The molecule has 2 rings (SSSR count). The van der Waals surface area contributed by atoms with E-state index in [0.717, 1.165) is 18.3 Å². The number of hydrogen-bond donors (Lipinski definition) is 1. The maximum Gasteiger partial charge on any atom is 0.107 e. The van der Waals surface area contributed by atoms with E-state index < -0.39 is 0 Å². The Bertz CT molecular complexity index is 347. The molecule has 17 heavy (non-hydrogen) atoms. The van der Waals surface area contributed by atoms with Crippen LogP contribution >= 0.6 is 11.3 Å². The molecule has 1 aliphatic rings. The third kappa shape index (κ3) is 4.37. The van der Waals surface area contributed by atoms with Gasteiger partial charge in [0.2, 0.25) is 0 Å². The zero-order valence-corrected chi connectivity index (χ0v) is 11.7. The molecule has 1 aliphatic carbocycles. The van der Waals surface area contributed by atoms with Gasteiger partial charge in [-0.1, -0.05) is 13.8 Å². The van der Waals surface area contributed by atoms with E-state index in [2.05, 4.69) is 36.5 Å². The zero-order valence-electron chi connectivity index (χ0n) is 10.9. The van der Waals surface area contributed by atoms with Crippen molar-refractivity contribution in [3.8, 4) is 0 Å². The van der Waals surface area contributed by atoms with Crippen molar-refractivity contribution < 1.29 is 4.74 Å². The van der Waals surface area contributed by atoms with E-state index in [4.69, 9.17) is 4.74 Å². The van der Waals surface area contributed by atoms with Crippen LogP contribution in [0.1, 0.15) is 44.3 Å². The van der Waals surface area contributed by atoms with Crippen LogP contribution in [0.4, 0.5) is 0 Å². The molecule has 0 aromatic carbocycles. The van der Waals surface area contributed by atoms with Crippen molar-refractivity contribution in [1.82, 2.24) is 10.3 Å². The Labute approximate surface area is 108 Å². The van der Waals surface area contributed by atoms with Crippen LogP contribution in [-0.4, -0.2) is 17.1 Å². The number of rotatable bonds is 7. The molecule has 1 heterocycles. The fourth-order valence-electron chi connectivity index (χ4n) is 1.42. The normalized spacial score (nSPS) is 17.6. The minimum absolute atomic E-state index is 0.296. The highest BCUT2D eigenvalue weighted by Gasteiger charge is 2.20. The summed E-state index contributed by atoms with van der Waals surface area (Å²) < 4.78 is 5.76. The van der Waals surface area contributed by atoms with Gasteiger partial charge in [-0.3, -0.25) is 0 Å². The van der Waals surface area contributed by atoms with E-state index in [9.17, 15) is 0 Å². The first kappa shape index (κ1) is 13.0. The molecule has 0 amide bonds. The molecule has 1 saturated carbocycles. The summed E-state index contributed by atoms with van der Waals surface area (Å²) in [5.74, 6) is 0.560. The third-order valence-corrected chi connectivity index (χ3v) is 4.05. The summed E-state index contributed by atoms with van der Waals surface area (Å²) in [6.07, 6.45) is 2.95. The number of nitrogens with zero attached hydrogens (tertiary/aromatic N) is 1. The van der Waals surface area contributed by atoms with Gasteiger partial charge in [0.25, 0.3) is 0 Å². The SMILES string of the molecule is CC(C)C(C)OCc1csc(CNC2CC2)n1. The molecule has 96 valence electrons. The Morgan fingerprint density at radius 3 is 2.88 bits per heavy atom. The lowest BCUT2D eigenvalue weighted by molar-refractivity contribution is 0.0220. The van der Waals surface area contributed by atoms with Crippen molar-refractivity contribution in [1.29, 1.82) is 0 Å². The van der Waals surface area contributed by atoms with Crippen LogP contribution in [0.3, 0.4) is 0 Å². The topological polar surface area (TPSA) is 34.1 Å². The highest BCUT2D eigenvalue weighted by molar-refractivity contribution is 7.09. The zero-order chi connectivity index (χ0) is 12.3. The average molecular weight is 254 g/mol. The first-order valence-corrected chi connectivity index (χ1v) is 7.31. The van der Waals surface area contributed by atoms with Crippen molar-refractivity contribution in [3.05, 3.63) is 16.1 Å². The van der Waals surface area contributed by atoms with Gasteiger partial charge in [0.05, 0.1) is 18.4 Å². The van der Waals surface area contributed by atoms with E-state index in [-0.39, 0.29) is 0 Å². The molecule has 3 nitrogen and oxygen atoms in total. The van der Waals surface area contributed by atoms with Gasteiger partial charge in [0.15, 0.2) is 0 Å². The fourth-order valence-corrected chi connectivity index (χ4v) is 2.15. The molecular formula is C13H22N2OS. The van der Waals surface area contributed by atoms with Gasteiger partial charge in [-0.05, 0) is 25.7 Å². The minimum Gasteiger partial charge on any atom is -0.372 e. The van der Waals surface area contributed by atoms with Crippen LogP contribution in [-0.2, 0) is 17.9 Å². The van der Waals surface area contributed by atoms with E-state index in [1.807, 2.05) is 0 Å². The van der Waals surface area contributed by atoms with Crippen molar-refractivity contribution in [3.63, 3.8) is 0 Å². The van der Waals surface area contributed by atoms with Gasteiger partial charge >= 0.3 is 0 Å². The molecule has 0 bridgehead atoms. The molecule has 0 aliphatic heterocycles. The quantitative estimate of drug-likeness (QED) is 0.812. The molecule has 0 spiro atoms. The molecule has 1 fully saturated rings. The summed E-state index contributed by atoms with van der Waals surface area (Å²) in [5, 5.41) is 6.76. The molecule has 0 radical (unpaired) electrons. The van der Waals surface area contributed by atoms with Crippen molar-refractivity contribution in [2.75, 3.05) is 0 Å². The Kier molecular flexibility index (Phi) is 4.54. The molecule has 4 heteroatoms. The second kappa shape index (κ2) is 5.94. The Morgan fingerprint density at radius 1 is 1.47 bits per heavy atom. The first-order valence-electron chi connectivity index (χ1n) is 6.43. The molecule has 1 aromatic rings. The smallest absolute Gasteiger partial charge is 0.107 e. The standard InChI is InChI=1S/C13H22N2OS/c1-9(2)10(3)16-7-12-8-17-13(15-12)6-14-11-4-5-11/h8-11,14H,4-7H2,1-3H3. The Hall–Kier alpha value is -0.450. The highest BCUT2D eigenvalue weighted by Crippen LogP contribution is 2.20. The average Bonchev–Trinajstić information content (AvgIpc) is 3.02. The summed E-state index contributed by atoms with van der Waals surface area (Å²) in [6, 6.07) is 0.750. The predicted octanol–water partition coefficient (Wildman–Crippen LogP) is 2.96. The van der Waals surface area contributed by atoms with E-state index >= 15 is 0 Å². The van der Waals surface area contributed by atoms with Crippen molar-refractivity contribution in [2.45, 2.75) is 58.9 Å². The summed E-state index contributed by atoms with van der Waals surface area (Å²) >= 11 is 1.73. The van der Waals surface area contributed by atoms with E-state index in [1.54, 1.807) is 11.3 Å². The summed E-state index contributed by atoms with van der Waals surface area (Å²) in [7, 11) is 0. The molecule has 0 saturated heterocycles. The van der Waals surface area contributed by atoms with Gasteiger partial charge in [0.1, 0.15) is 5.01 Å². The number of ether oxygens (including phenoxy) is 1. The van der Waals surface area contributed by atoms with Crippen LogP contribution in [0.25, 0.3) is 0 Å². The van der Waals surface area contributed by atoms with Crippen LogP contribution in [0, 0.1) is 5.92 Å². The lowest BCUT2D eigenvalue weighted by atomic mass is 10.1. The monoisotopic (exact) mass is 254 g/mol. The summed E-state index contributed by atoms with van der Waals surface area (Å²) in [6.45, 7) is 8.02. The maximum absolute atomic E-state index is 5.76. The Balaban J connectivity index is 1.73. The van der Waals surface area contributed by atoms with Crippen molar-refractivity contribution >= 4 is 11.3 Å². The number of aromatic nitrogens is 1. The van der Waals surface area contributed by atoms with Gasteiger partial charge in [-0.15, -0.1) is 11.3 Å². The minimum atomic E-state index is 0.296. The van der Waals surface area contributed by atoms with Gasteiger partial charge < -0.3 is 10.1 Å². The number of hydrogen-bond acceptors (Lipinski definition) is 4. The van der Waals surface area contributed by atoms with Crippen LogP contribution in [0.2, 0.25) is 0 Å². The van der Waals surface area contributed by atoms with Crippen molar-refractivity contribution in [2.24, 2.45) is 5.92 Å². The van der Waals surface area contributed by atoms with Gasteiger partial charge in [0, 0.05) is 18.0 Å². The van der Waals surface area contributed by atoms with Gasteiger partial charge in [-0.25, -0.2) is 4.98 Å². The molecule has 1 N–H and O–H groups in total. The second-order valence-corrected chi connectivity index (χ2v) is 6.09. The fraction of sp³-hybridized carbons (Fsp3) is 0.769. The molecular weight excluding hydrogens is 232 g/mol. The molecule has 1 unspecified atom stereocenters. The second-order valence-electron chi connectivity index (χ2n) is 5.15. The predicted molar refractivity (Wildman–Crippen MR) is 71.1 cm³/mol. The lowest BCUT2D eigenvalue weighted by Gasteiger charge is -2.15. The lowest BCUT2D eigenvalue weighted by Crippen LogP contribution is -2.16. The summed E-state index contributed by atoms with van der Waals surface area (Å²) in [4.78, 5) is 4.57. The number of thiazole rings is 1. The van der Waals surface area contributed by atoms with E-state index in [0.29, 0.717) is 18.6 Å². The largest absolute Gasteiger partial charge is 0.372 e. The molecule has 1 atom stereocenters. The van der Waals surface area contributed by atoms with Crippen LogP contribution in [0.15, 0.2) is 5.38 Å². The van der Waals surface area contributed by atoms with Crippen LogP contribution in [0.5, 0.6) is 0 Å². The Morgan fingerprint density at radius 2 is 2.24 bits per heavy atom. The van der Waals surface area contributed by atoms with Gasteiger partial charge in [-0.2, -0.15) is 0 Å². The first-order chi connectivity index (χ1) is 8.15. The van der Waals surface area contributed by atoms with Crippen LogP contribution < -0.4 is 5.32 Å². The third-order valence-electron chi connectivity index (χ3n) is 3.15. The maximum atomic E-state index is 5.76. The summed E-state index contributed by atoms with van der Waals surface area (Å²) in [5.41, 5.74) is 1.06. The highest BCUT2D eigenvalue weighted by atomic mass is 32.1. The van der Waals surface area contributed by atoms with E-state index in [1.165, 1.54) is 17.8 Å². The molecule has 1 aromatic heterocycles.